The van der Waals surface area contributed by atoms with E-state index in [1.165, 1.54) is 14.7 Å². The average Bonchev–Trinajstić information content (AvgIpc) is 2.90. The SMILES string of the molecule is CC(C)(C)OC(=O)N1CCN(C(=O)CNC(=O)OCc2ccccc2)CCN(C(=O)OC(C)(C)C)CC1. The highest BCUT2D eigenvalue weighted by Crippen LogP contribution is 2.13. The first-order valence-electron chi connectivity index (χ1n) is 12.4. The minimum absolute atomic E-state index is 0.0836. The van der Waals surface area contributed by atoms with E-state index in [0.29, 0.717) is 0 Å². The summed E-state index contributed by atoms with van der Waals surface area (Å²) in [5.74, 6) is -0.369. The zero-order valence-corrected chi connectivity index (χ0v) is 22.7. The van der Waals surface area contributed by atoms with Crippen molar-refractivity contribution in [2.45, 2.75) is 59.4 Å². The highest BCUT2D eigenvalue weighted by molar-refractivity contribution is 5.82. The van der Waals surface area contributed by atoms with E-state index in [9.17, 15) is 19.2 Å². The van der Waals surface area contributed by atoms with E-state index < -0.39 is 29.5 Å². The maximum absolute atomic E-state index is 13.0. The third-order valence-corrected chi connectivity index (χ3v) is 5.17. The molecule has 2 rings (SSSR count). The summed E-state index contributed by atoms with van der Waals surface area (Å²) < 4.78 is 16.2. The molecule has 1 aliphatic rings. The Kier molecular flexibility index (Phi) is 10.6. The zero-order valence-electron chi connectivity index (χ0n) is 22.7. The molecule has 1 saturated heterocycles. The highest BCUT2D eigenvalue weighted by Gasteiger charge is 2.29. The third-order valence-electron chi connectivity index (χ3n) is 5.17. The van der Waals surface area contributed by atoms with Crippen molar-refractivity contribution < 1.29 is 33.4 Å². The van der Waals surface area contributed by atoms with Crippen molar-refractivity contribution in [2.75, 3.05) is 45.8 Å². The number of carbonyl (C=O) groups excluding carboxylic acids is 4. The molecular formula is C26H40N4O7. The topological polar surface area (TPSA) is 118 Å². The molecule has 1 fully saturated rings. The number of alkyl carbamates (subject to hydrolysis) is 1. The smallest absolute Gasteiger partial charge is 0.410 e. The molecule has 0 radical (unpaired) electrons. The number of nitrogens with one attached hydrogen (secondary N) is 1. The lowest BCUT2D eigenvalue weighted by molar-refractivity contribution is -0.130. The predicted molar refractivity (Wildman–Crippen MR) is 137 cm³/mol. The van der Waals surface area contributed by atoms with Crippen LogP contribution in [0.5, 0.6) is 0 Å². The summed E-state index contributed by atoms with van der Waals surface area (Å²) in [6, 6.07) is 9.20. The van der Waals surface area contributed by atoms with Crippen LogP contribution < -0.4 is 5.32 Å². The Balaban J connectivity index is 2.03. The van der Waals surface area contributed by atoms with Crippen LogP contribution in [-0.2, 0) is 25.6 Å². The van der Waals surface area contributed by atoms with Crippen LogP contribution in [0, 0.1) is 0 Å². The fourth-order valence-electron chi connectivity index (χ4n) is 3.36. The molecule has 1 aromatic rings. The Hall–Kier alpha value is -3.50. The maximum atomic E-state index is 13.0. The van der Waals surface area contributed by atoms with Gasteiger partial charge in [0.25, 0.3) is 0 Å². The van der Waals surface area contributed by atoms with Gasteiger partial charge in [0.05, 0.1) is 0 Å². The first-order valence-corrected chi connectivity index (χ1v) is 12.4. The van der Waals surface area contributed by atoms with Gasteiger partial charge in [0.15, 0.2) is 0 Å². The van der Waals surface area contributed by atoms with E-state index in [2.05, 4.69) is 5.32 Å². The number of hydrogen-bond acceptors (Lipinski definition) is 7. The molecular weight excluding hydrogens is 480 g/mol. The second-order valence-corrected chi connectivity index (χ2v) is 10.7. The Bertz CT molecular complexity index is 885. The van der Waals surface area contributed by atoms with E-state index in [1.807, 2.05) is 30.3 Å². The first kappa shape index (κ1) is 29.7. The summed E-state index contributed by atoms with van der Waals surface area (Å²) in [7, 11) is 0. The van der Waals surface area contributed by atoms with Gasteiger partial charge >= 0.3 is 18.3 Å². The van der Waals surface area contributed by atoms with Crippen molar-refractivity contribution in [3.8, 4) is 0 Å². The van der Waals surface area contributed by atoms with Crippen molar-refractivity contribution in [1.29, 1.82) is 0 Å². The van der Waals surface area contributed by atoms with Gasteiger partial charge < -0.3 is 34.2 Å². The lowest BCUT2D eigenvalue weighted by atomic mass is 10.2. The second-order valence-electron chi connectivity index (χ2n) is 10.7. The quantitative estimate of drug-likeness (QED) is 0.606. The van der Waals surface area contributed by atoms with Crippen LogP contribution in [0.4, 0.5) is 14.4 Å². The van der Waals surface area contributed by atoms with Crippen molar-refractivity contribution in [3.05, 3.63) is 35.9 Å². The molecule has 0 bridgehead atoms. The maximum Gasteiger partial charge on any atom is 0.410 e. The van der Waals surface area contributed by atoms with E-state index in [4.69, 9.17) is 14.2 Å². The summed E-state index contributed by atoms with van der Waals surface area (Å²) in [4.78, 5) is 55.0. The van der Waals surface area contributed by atoms with Crippen molar-refractivity contribution >= 4 is 24.2 Å². The average molecular weight is 521 g/mol. The number of hydrogen-bond donors (Lipinski definition) is 1. The van der Waals surface area contributed by atoms with Crippen molar-refractivity contribution in [2.24, 2.45) is 0 Å². The van der Waals surface area contributed by atoms with Crippen LogP contribution in [0.15, 0.2) is 30.3 Å². The molecule has 1 aliphatic heterocycles. The number of rotatable bonds is 4. The molecule has 206 valence electrons. The van der Waals surface area contributed by atoms with Gasteiger partial charge in [0.1, 0.15) is 24.4 Å². The number of carbonyl (C=O) groups is 4. The zero-order chi connectivity index (χ0) is 27.6. The van der Waals surface area contributed by atoms with Crippen LogP contribution in [0.3, 0.4) is 0 Å². The van der Waals surface area contributed by atoms with Crippen LogP contribution in [0.1, 0.15) is 47.1 Å². The molecule has 1 heterocycles. The summed E-state index contributed by atoms with van der Waals surface area (Å²) in [5.41, 5.74) is -0.562. The lowest BCUT2D eigenvalue weighted by Gasteiger charge is -2.30. The van der Waals surface area contributed by atoms with Crippen LogP contribution in [0.25, 0.3) is 0 Å². The third kappa shape index (κ3) is 11.4. The minimum Gasteiger partial charge on any atom is -0.445 e. The molecule has 37 heavy (non-hydrogen) atoms. The largest absolute Gasteiger partial charge is 0.445 e. The Morgan fingerprint density at radius 3 is 1.59 bits per heavy atom. The van der Waals surface area contributed by atoms with Gasteiger partial charge in [-0.15, -0.1) is 0 Å². The molecule has 0 spiro atoms. The fourth-order valence-corrected chi connectivity index (χ4v) is 3.36. The lowest BCUT2D eigenvalue weighted by Crippen LogP contribution is -2.46. The van der Waals surface area contributed by atoms with Gasteiger partial charge in [-0.3, -0.25) is 4.79 Å². The van der Waals surface area contributed by atoms with Gasteiger partial charge in [-0.05, 0) is 47.1 Å². The minimum atomic E-state index is -0.716. The summed E-state index contributed by atoms with van der Waals surface area (Å²) in [6.45, 7) is 11.7. The first-order chi connectivity index (χ1) is 17.2. The summed E-state index contributed by atoms with van der Waals surface area (Å²) >= 11 is 0. The molecule has 0 aliphatic carbocycles. The van der Waals surface area contributed by atoms with Crippen LogP contribution >= 0.6 is 0 Å². The predicted octanol–water partition coefficient (Wildman–Crippen LogP) is 3.23. The second kappa shape index (κ2) is 13.2. The van der Waals surface area contributed by atoms with E-state index in [0.717, 1.165) is 5.56 Å². The molecule has 11 heteroatoms. The van der Waals surface area contributed by atoms with E-state index in [1.54, 1.807) is 41.5 Å². The van der Waals surface area contributed by atoms with Crippen molar-refractivity contribution in [3.63, 3.8) is 0 Å². The van der Waals surface area contributed by atoms with Gasteiger partial charge in [-0.2, -0.15) is 0 Å². The highest BCUT2D eigenvalue weighted by atomic mass is 16.6. The number of ether oxygens (including phenoxy) is 3. The van der Waals surface area contributed by atoms with E-state index >= 15 is 0 Å². The van der Waals surface area contributed by atoms with Gasteiger partial charge in [-0.25, -0.2) is 14.4 Å². The molecule has 0 aromatic heterocycles. The Labute approximate surface area is 219 Å². The van der Waals surface area contributed by atoms with E-state index in [-0.39, 0.29) is 58.3 Å². The summed E-state index contributed by atoms with van der Waals surface area (Å²) in [6.07, 6.45) is -1.78. The number of amides is 4. The normalized spacial score (nSPS) is 15.1. The standard InChI is InChI=1S/C26H40N4O7/c1-25(2,3)36-23(33)29-14-12-28(13-15-30(17-16-29)24(34)37-26(4,5)6)21(31)18-27-22(32)35-19-20-10-8-7-9-11-20/h7-11H,12-19H2,1-6H3,(H,27,32). The molecule has 11 nitrogen and oxygen atoms in total. The Morgan fingerprint density at radius 1 is 0.730 bits per heavy atom. The summed E-state index contributed by atoms with van der Waals surface area (Å²) in [5, 5.41) is 2.47. The molecule has 0 saturated carbocycles. The van der Waals surface area contributed by atoms with Gasteiger partial charge in [-0.1, -0.05) is 30.3 Å². The molecule has 1 aromatic carbocycles. The van der Waals surface area contributed by atoms with Crippen LogP contribution in [-0.4, -0.2) is 95.9 Å². The molecule has 0 atom stereocenters. The van der Waals surface area contributed by atoms with Gasteiger partial charge in [0, 0.05) is 39.3 Å². The molecule has 0 unspecified atom stereocenters. The van der Waals surface area contributed by atoms with Crippen molar-refractivity contribution in [1.82, 2.24) is 20.0 Å². The fraction of sp³-hybridized carbons (Fsp3) is 0.615. The number of benzene rings is 1. The van der Waals surface area contributed by atoms with Crippen LogP contribution in [0.2, 0.25) is 0 Å². The molecule has 1 N–H and O–H groups in total. The van der Waals surface area contributed by atoms with Gasteiger partial charge in [0.2, 0.25) is 5.91 Å². The Morgan fingerprint density at radius 2 is 1.16 bits per heavy atom. The monoisotopic (exact) mass is 520 g/mol. The number of nitrogens with zero attached hydrogens (tertiary/aromatic N) is 3. The molecule has 4 amide bonds.